The van der Waals surface area contributed by atoms with E-state index in [0.717, 1.165) is 11.7 Å². The molecule has 0 saturated heterocycles. The van der Waals surface area contributed by atoms with E-state index in [0.29, 0.717) is 12.0 Å². The molecule has 1 aliphatic rings. The highest BCUT2D eigenvalue weighted by molar-refractivity contribution is 5.35. The van der Waals surface area contributed by atoms with Crippen LogP contribution in [0.1, 0.15) is 64.4 Å². The first kappa shape index (κ1) is 13.5. The van der Waals surface area contributed by atoms with Gasteiger partial charge in [0.05, 0.1) is 0 Å². The fourth-order valence-electron chi connectivity index (χ4n) is 3.02. The first-order valence-electron chi connectivity index (χ1n) is 7.48. The average molecular weight is 246 g/mol. The van der Waals surface area contributed by atoms with Crippen molar-refractivity contribution >= 4 is 0 Å². The Bertz CT molecular complexity index is 370. The third-order valence-corrected chi connectivity index (χ3v) is 4.18. The summed E-state index contributed by atoms with van der Waals surface area (Å²) in [5, 5.41) is 0. The monoisotopic (exact) mass is 246 g/mol. The third kappa shape index (κ3) is 3.07. The Labute approximate surface area is 112 Å². The number of benzene rings is 1. The van der Waals surface area contributed by atoms with Gasteiger partial charge < -0.3 is 4.74 Å². The summed E-state index contributed by atoms with van der Waals surface area (Å²) in [6.45, 7) is 6.77. The van der Waals surface area contributed by atoms with E-state index in [1.54, 1.807) is 0 Å². The molecule has 0 aliphatic heterocycles. The maximum absolute atomic E-state index is 6.35. The Morgan fingerprint density at radius 2 is 1.89 bits per heavy atom. The topological polar surface area (TPSA) is 9.23 Å². The molecule has 0 heterocycles. The van der Waals surface area contributed by atoms with Gasteiger partial charge in [-0.3, -0.25) is 0 Å². The van der Waals surface area contributed by atoms with Crippen LogP contribution in [0.5, 0.6) is 5.75 Å². The maximum Gasteiger partial charge on any atom is 0.123 e. The van der Waals surface area contributed by atoms with Crippen LogP contribution in [-0.2, 0) is 0 Å². The number of rotatable bonds is 4. The van der Waals surface area contributed by atoms with Crippen LogP contribution in [0.15, 0.2) is 24.3 Å². The Hall–Kier alpha value is -0.980. The molecule has 0 radical (unpaired) electrons. The molecule has 0 bridgehead atoms. The number of ether oxygens (including phenoxy) is 1. The zero-order chi connectivity index (χ0) is 13.0. The van der Waals surface area contributed by atoms with Crippen molar-refractivity contribution < 1.29 is 4.74 Å². The molecule has 100 valence electrons. The highest BCUT2D eigenvalue weighted by Gasteiger charge is 2.25. The fourth-order valence-corrected chi connectivity index (χ4v) is 3.02. The molecular formula is C17H26O. The molecule has 0 aromatic heterocycles. The smallest absolute Gasteiger partial charge is 0.123 e. The summed E-state index contributed by atoms with van der Waals surface area (Å²) < 4.78 is 6.35. The zero-order valence-electron chi connectivity index (χ0n) is 12.0. The molecule has 2 atom stereocenters. The molecule has 1 saturated carbocycles. The van der Waals surface area contributed by atoms with Gasteiger partial charge in [-0.2, -0.15) is 0 Å². The molecule has 1 fully saturated rings. The van der Waals surface area contributed by atoms with Crippen molar-refractivity contribution in [3.63, 3.8) is 0 Å². The number of hydrogen-bond donors (Lipinski definition) is 0. The van der Waals surface area contributed by atoms with E-state index in [2.05, 4.69) is 45.0 Å². The highest BCUT2D eigenvalue weighted by Crippen LogP contribution is 2.33. The van der Waals surface area contributed by atoms with E-state index in [9.17, 15) is 0 Å². The second kappa shape index (κ2) is 6.26. The van der Waals surface area contributed by atoms with Gasteiger partial charge in [0.25, 0.3) is 0 Å². The van der Waals surface area contributed by atoms with Crippen LogP contribution in [0.2, 0.25) is 0 Å². The molecule has 1 heteroatoms. The Morgan fingerprint density at radius 1 is 1.17 bits per heavy atom. The summed E-state index contributed by atoms with van der Waals surface area (Å²) in [6, 6.07) is 8.53. The van der Waals surface area contributed by atoms with Crippen molar-refractivity contribution in [2.24, 2.45) is 5.92 Å². The van der Waals surface area contributed by atoms with Gasteiger partial charge in [0.2, 0.25) is 0 Å². The minimum Gasteiger partial charge on any atom is -0.490 e. The van der Waals surface area contributed by atoms with Crippen LogP contribution >= 0.6 is 0 Å². The van der Waals surface area contributed by atoms with Crippen molar-refractivity contribution in [2.45, 2.75) is 64.9 Å². The van der Waals surface area contributed by atoms with E-state index in [4.69, 9.17) is 4.74 Å². The maximum atomic E-state index is 6.35. The van der Waals surface area contributed by atoms with Crippen molar-refractivity contribution in [2.75, 3.05) is 0 Å². The largest absolute Gasteiger partial charge is 0.490 e. The Kier molecular flexibility index (Phi) is 4.68. The second-order valence-corrected chi connectivity index (χ2v) is 5.80. The molecule has 2 unspecified atom stereocenters. The lowest BCUT2D eigenvalue weighted by atomic mass is 9.84. The fraction of sp³-hybridized carbons (Fsp3) is 0.647. The number of hydrogen-bond acceptors (Lipinski definition) is 1. The molecule has 1 aliphatic carbocycles. The molecule has 1 aromatic rings. The SMILES string of the molecule is CCC1CCCCC1Oc1ccccc1C(C)C. The van der Waals surface area contributed by atoms with Crippen molar-refractivity contribution in [3.8, 4) is 5.75 Å². The van der Waals surface area contributed by atoms with Gasteiger partial charge in [0.15, 0.2) is 0 Å². The summed E-state index contributed by atoms with van der Waals surface area (Å²) in [4.78, 5) is 0. The molecule has 1 aromatic carbocycles. The Morgan fingerprint density at radius 3 is 2.61 bits per heavy atom. The standard InChI is InChI=1S/C17H26O/c1-4-14-9-5-7-11-16(14)18-17-12-8-6-10-15(17)13(2)3/h6,8,10,12-14,16H,4-5,7,9,11H2,1-3H3. The van der Waals surface area contributed by atoms with Gasteiger partial charge >= 0.3 is 0 Å². The van der Waals surface area contributed by atoms with Crippen LogP contribution in [0.4, 0.5) is 0 Å². The lowest BCUT2D eigenvalue weighted by Gasteiger charge is -2.32. The molecule has 18 heavy (non-hydrogen) atoms. The normalized spacial score (nSPS) is 24.2. The minimum atomic E-state index is 0.434. The Balaban J connectivity index is 2.12. The van der Waals surface area contributed by atoms with Gasteiger partial charge in [-0.1, -0.05) is 45.4 Å². The lowest BCUT2D eigenvalue weighted by Crippen LogP contribution is -2.30. The number of para-hydroxylation sites is 1. The van der Waals surface area contributed by atoms with Crippen LogP contribution < -0.4 is 4.74 Å². The summed E-state index contributed by atoms with van der Waals surface area (Å²) in [5.41, 5.74) is 1.35. The summed E-state index contributed by atoms with van der Waals surface area (Å²) in [5.74, 6) is 2.39. The van der Waals surface area contributed by atoms with E-state index < -0.39 is 0 Å². The van der Waals surface area contributed by atoms with E-state index in [1.165, 1.54) is 37.7 Å². The zero-order valence-corrected chi connectivity index (χ0v) is 12.0. The van der Waals surface area contributed by atoms with Crippen LogP contribution in [-0.4, -0.2) is 6.10 Å². The van der Waals surface area contributed by atoms with Gasteiger partial charge in [0, 0.05) is 0 Å². The highest BCUT2D eigenvalue weighted by atomic mass is 16.5. The molecule has 0 N–H and O–H groups in total. The molecule has 0 spiro atoms. The van der Waals surface area contributed by atoms with E-state index in [-0.39, 0.29) is 0 Å². The minimum absolute atomic E-state index is 0.434. The van der Waals surface area contributed by atoms with E-state index in [1.807, 2.05) is 0 Å². The van der Waals surface area contributed by atoms with Crippen LogP contribution in [0.3, 0.4) is 0 Å². The second-order valence-electron chi connectivity index (χ2n) is 5.80. The quantitative estimate of drug-likeness (QED) is 0.713. The molecular weight excluding hydrogens is 220 g/mol. The van der Waals surface area contributed by atoms with Crippen molar-refractivity contribution in [3.05, 3.63) is 29.8 Å². The van der Waals surface area contributed by atoms with E-state index >= 15 is 0 Å². The lowest BCUT2D eigenvalue weighted by molar-refractivity contribution is 0.0892. The van der Waals surface area contributed by atoms with Crippen LogP contribution in [0.25, 0.3) is 0 Å². The molecule has 1 nitrogen and oxygen atoms in total. The van der Waals surface area contributed by atoms with Gasteiger partial charge in [-0.05, 0) is 49.1 Å². The van der Waals surface area contributed by atoms with Crippen molar-refractivity contribution in [1.82, 2.24) is 0 Å². The van der Waals surface area contributed by atoms with Crippen LogP contribution in [0, 0.1) is 5.92 Å². The molecule has 0 amide bonds. The first-order chi connectivity index (χ1) is 8.72. The van der Waals surface area contributed by atoms with Gasteiger partial charge in [-0.15, -0.1) is 0 Å². The summed E-state index contributed by atoms with van der Waals surface area (Å²) in [7, 11) is 0. The average Bonchev–Trinajstić information content (AvgIpc) is 2.40. The predicted octanol–water partition coefficient (Wildman–Crippen LogP) is 5.16. The third-order valence-electron chi connectivity index (χ3n) is 4.18. The first-order valence-corrected chi connectivity index (χ1v) is 7.48. The molecule has 2 rings (SSSR count). The predicted molar refractivity (Wildman–Crippen MR) is 77.2 cm³/mol. The van der Waals surface area contributed by atoms with Gasteiger partial charge in [-0.25, -0.2) is 0 Å². The van der Waals surface area contributed by atoms with Crippen molar-refractivity contribution in [1.29, 1.82) is 0 Å². The summed E-state index contributed by atoms with van der Waals surface area (Å²) >= 11 is 0. The summed E-state index contributed by atoms with van der Waals surface area (Å²) in [6.07, 6.45) is 6.95. The van der Waals surface area contributed by atoms with Gasteiger partial charge in [0.1, 0.15) is 11.9 Å².